The largest absolute Gasteiger partial charge is 0.330 e. The first-order chi connectivity index (χ1) is 13.5. The van der Waals surface area contributed by atoms with Crippen LogP contribution in [0.2, 0.25) is 5.02 Å². The number of amides is 3. The fourth-order valence-electron chi connectivity index (χ4n) is 3.80. The predicted molar refractivity (Wildman–Crippen MR) is 104 cm³/mol. The molecule has 0 aliphatic carbocycles. The molecule has 2 heterocycles. The SMILES string of the molecule is O=C(CN1C(=O)c2ccccc2C1=O)N1CC[NH+](Cc2cccc(Cl)c2)CC1. The molecule has 0 spiro atoms. The van der Waals surface area contributed by atoms with Gasteiger partial charge in [-0.05, 0) is 24.3 Å². The molecule has 3 amide bonds. The fourth-order valence-corrected chi connectivity index (χ4v) is 4.02. The summed E-state index contributed by atoms with van der Waals surface area (Å²) in [6.07, 6.45) is 0. The highest BCUT2D eigenvalue weighted by Gasteiger charge is 2.37. The smallest absolute Gasteiger partial charge is 0.262 e. The van der Waals surface area contributed by atoms with E-state index in [1.807, 2.05) is 18.2 Å². The molecule has 1 N–H and O–H groups in total. The maximum absolute atomic E-state index is 12.7. The molecule has 0 atom stereocenters. The molecule has 6 nitrogen and oxygen atoms in total. The van der Waals surface area contributed by atoms with E-state index >= 15 is 0 Å². The molecule has 0 saturated carbocycles. The summed E-state index contributed by atoms with van der Waals surface area (Å²) in [7, 11) is 0. The van der Waals surface area contributed by atoms with Crippen molar-refractivity contribution in [3.8, 4) is 0 Å². The van der Waals surface area contributed by atoms with E-state index in [0.29, 0.717) is 24.2 Å². The van der Waals surface area contributed by atoms with Gasteiger partial charge in [0.2, 0.25) is 5.91 Å². The summed E-state index contributed by atoms with van der Waals surface area (Å²) in [5.41, 5.74) is 1.92. The minimum absolute atomic E-state index is 0.184. The topological polar surface area (TPSA) is 62.1 Å². The zero-order chi connectivity index (χ0) is 19.7. The van der Waals surface area contributed by atoms with E-state index in [4.69, 9.17) is 11.6 Å². The van der Waals surface area contributed by atoms with Crippen LogP contribution in [0.5, 0.6) is 0 Å². The number of nitrogens with zero attached hydrogens (tertiary/aromatic N) is 2. The molecule has 1 saturated heterocycles. The molecule has 0 unspecified atom stereocenters. The van der Waals surface area contributed by atoms with Crippen molar-refractivity contribution in [3.63, 3.8) is 0 Å². The Morgan fingerprint density at radius 3 is 2.21 bits per heavy atom. The molecule has 28 heavy (non-hydrogen) atoms. The van der Waals surface area contributed by atoms with Gasteiger partial charge >= 0.3 is 0 Å². The number of imide groups is 1. The number of piperazine rings is 1. The second-order valence-electron chi connectivity index (χ2n) is 7.18. The Kier molecular flexibility index (Phi) is 5.15. The molecule has 1 fully saturated rings. The molecule has 2 aromatic rings. The summed E-state index contributed by atoms with van der Waals surface area (Å²) >= 11 is 6.04. The monoisotopic (exact) mass is 398 g/mol. The van der Waals surface area contributed by atoms with Gasteiger partial charge in [-0.15, -0.1) is 0 Å². The number of carbonyl (C=O) groups excluding carboxylic acids is 3. The van der Waals surface area contributed by atoms with Gasteiger partial charge in [-0.3, -0.25) is 19.3 Å². The van der Waals surface area contributed by atoms with Gasteiger partial charge < -0.3 is 9.80 Å². The summed E-state index contributed by atoms with van der Waals surface area (Å²) in [5, 5.41) is 0.728. The van der Waals surface area contributed by atoms with Crippen LogP contribution in [0, 0.1) is 0 Å². The van der Waals surface area contributed by atoms with Crippen molar-refractivity contribution in [2.45, 2.75) is 6.54 Å². The number of nitrogens with one attached hydrogen (secondary N) is 1. The highest BCUT2D eigenvalue weighted by atomic mass is 35.5. The molecule has 2 aliphatic heterocycles. The second-order valence-corrected chi connectivity index (χ2v) is 7.62. The Balaban J connectivity index is 1.32. The Morgan fingerprint density at radius 1 is 0.964 bits per heavy atom. The third-order valence-corrected chi connectivity index (χ3v) is 5.57. The molecule has 4 rings (SSSR count). The van der Waals surface area contributed by atoms with Gasteiger partial charge in [0, 0.05) is 10.6 Å². The lowest BCUT2D eigenvalue weighted by atomic mass is 10.1. The lowest BCUT2D eigenvalue weighted by Crippen LogP contribution is -3.13. The average Bonchev–Trinajstić information content (AvgIpc) is 2.94. The highest BCUT2D eigenvalue weighted by molar-refractivity contribution is 6.30. The molecule has 0 radical (unpaired) electrons. The van der Waals surface area contributed by atoms with E-state index in [2.05, 4.69) is 6.07 Å². The molecular weight excluding hydrogens is 378 g/mol. The summed E-state index contributed by atoms with van der Waals surface area (Å²) in [5.74, 6) is -0.963. The van der Waals surface area contributed by atoms with Crippen LogP contribution in [0.4, 0.5) is 0 Å². The van der Waals surface area contributed by atoms with Crippen LogP contribution < -0.4 is 4.90 Å². The summed E-state index contributed by atoms with van der Waals surface area (Å²) in [6.45, 7) is 3.52. The molecule has 7 heteroatoms. The van der Waals surface area contributed by atoms with Gasteiger partial charge in [-0.2, -0.15) is 0 Å². The van der Waals surface area contributed by atoms with Crippen LogP contribution in [0.3, 0.4) is 0 Å². The van der Waals surface area contributed by atoms with Crippen molar-refractivity contribution in [2.24, 2.45) is 0 Å². The number of hydrogen-bond donors (Lipinski definition) is 1. The quantitative estimate of drug-likeness (QED) is 0.777. The van der Waals surface area contributed by atoms with Crippen molar-refractivity contribution >= 4 is 29.3 Å². The predicted octanol–water partition coefficient (Wildman–Crippen LogP) is 0.863. The van der Waals surface area contributed by atoms with Gasteiger partial charge in [-0.1, -0.05) is 35.9 Å². The number of halogens is 1. The lowest BCUT2D eigenvalue weighted by molar-refractivity contribution is -0.917. The van der Waals surface area contributed by atoms with E-state index in [1.54, 1.807) is 29.2 Å². The average molecular weight is 399 g/mol. The summed E-state index contributed by atoms with van der Waals surface area (Å²) < 4.78 is 0. The van der Waals surface area contributed by atoms with E-state index in [1.165, 1.54) is 10.5 Å². The number of fused-ring (bicyclic) bond motifs is 1. The minimum atomic E-state index is -0.390. The van der Waals surface area contributed by atoms with Crippen molar-refractivity contribution in [1.82, 2.24) is 9.80 Å². The van der Waals surface area contributed by atoms with Gasteiger partial charge in [-0.25, -0.2) is 0 Å². The Bertz CT molecular complexity index is 903. The minimum Gasteiger partial charge on any atom is -0.330 e. The zero-order valence-corrected chi connectivity index (χ0v) is 16.1. The normalized spacial score (nSPS) is 17.2. The molecule has 2 aliphatic rings. The molecule has 0 bridgehead atoms. The molecule has 144 valence electrons. The first kappa shape index (κ1) is 18.7. The van der Waals surface area contributed by atoms with Crippen LogP contribution in [-0.4, -0.2) is 60.2 Å². The third kappa shape index (κ3) is 3.66. The van der Waals surface area contributed by atoms with Gasteiger partial charge in [0.15, 0.2) is 0 Å². The van der Waals surface area contributed by atoms with Crippen LogP contribution in [0.1, 0.15) is 26.3 Å². The van der Waals surface area contributed by atoms with E-state index in [9.17, 15) is 14.4 Å². The van der Waals surface area contributed by atoms with E-state index in [-0.39, 0.29) is 24.3 Å². The Labute approximate surface area is 168 Å². The number of benzene rings is 2. The van der Waals surface area contributed by atoms with E-state index in [0.717, 1.165) is 29.6 Å². The third-order valence-electron chi connectivity index (χ3n) is 5.34. The van der Waals surface area contributed by atoms with Crippen LogP contribution in [0.25, 0.3) is 0 Å². The van der Waals surface area contributed by atoms with Crippen molar-refractivity contribution in [2.75, 3.05) is 32.7 Å². The maximum Gasteiger partial charge on any atom is 0.262 e. The van der Waals surface area contributed by atoms with Crippen molar-refractivity contribution < 1.29 is 19.3 Å². The second kappa shape index (κ2) is 7.73. The summed E-state index contributed by atoms with van der Waals surface area (Å²) in [4.78, 5) is 41.7. The standard InChI is InChI=1S/C21H20ClN3O3/c22-16-5-3-4-15(12-16)13-23-8-10-24(11-9-23)19(26)14-25-20(27)17-6-1-2-7-18(17)21(25)28/h1-7,12H,8-11,13-14H2/p+1. The number of carbonyl (C=O) groups is 3. The number of rotatable bonds is 4. The van der Waals surface area contributed by atoms with Gasteiger partial charge in [0.25, 0.3) is 11.8 Å². The first-order valence-corrected chi connectivity index (χ1v) is 9.72. The lowest BCUT2D eigenvalue weighted by Gasteiger charge is -2.33. The Hall–Kier alpha value is -2.70. The van der Waals surface area contributed by atoms with Crippen molar-refractivity contribution in [1.29, 1.82) is 0 Å². The summed E-state index contributed by atoms with van der Waals surface area (Å²) in [6, 6.07) is 14.5. The Morgan fingerprint density at radius 2 is 1.61 bits per heavy atom. The maximum atomic E-state index is 12.7. The van der Waals surface area contributed by atoms with E-state index < -0.39 is 0 Å². The number of hydrogen-bond acceptors (Lipinski definition) is 3. The number of quaternary nitrogens is 1. The van der Waals surface area contributed by atoms with Gasteiger partial charge in [0.1, 0.15) is 13.1 Å². The van der Waals surface area contributed by atoms with Gasteiger partial charge in [0.05, 0.1) is 37.3 Å². The zero-order valence-electron chi connectivity index (χ0n) is 15.4. The highest BCUT2D eigenvalue weighted by Crippen LogP contribution is 2.22. The molecular formula is C21H21ClN3O3+. The van der Waals surface area contributed by atoms with Crippen LogP contribution in [0.15, 0.2) is 48.5 Å². The molecule has 0 aromatic heterocycles. The first-order valence-electron chi connectivity index (χ1n) is 9.34. The van der Waals surface area contributed by atoms with Crippen molar-refractivity contribution in [3.05, 3.63) is 70.2 Å². The molecule has 2 aromatic carbocycles. The fraction of sp³-hybridized carbons (Fsp3) is 0.286. The van der Waals surface area contributed by atoms with Crippen LogP contribution >= 0.6 is 11.6 Å². The van der Waals surface area contributed by atoms with Crippen LogP contribution in [-0.2, 0) is 11.3 Å².